The predicted molar refractivity (Wildman–Crippen MR) is 202 cm³/mol. The molecule has 2 atom stereocenters. The van der Waals surface area contributed by atoms with Crippen LogP contribution in [0.3, 0.4) is 0 Å². The number of rotatable bonds is 36. The van der Waals surface area contributed by atoms with Gasteiger partial charge in [0.05, 0.1) is 17.9 Å². The van der Waals surface area contributed by atoms with Crippen molar-refractivity contribution in [1.82, 2.24) is 5.32 Å². The van der Waals surface area contributed by atoms with Gasteiger partial charge < -0.3 is 10.4 Å². The van der Waals surface area contributed by atoms with Crippen LogP contribution in [0.4, 0.5) is 0 Å². The minimum atomic E-state index is -4.35. The molecule has 0 aliphatic carbocycles. The van der Waals surface area contributed by atoms with Gasteiger partial charge in [-0.2, -0.15) is 8.42 Å². The molecule has 3 N–H and O–H groups in total. The van der Waals surface area contributed by atoms with Crippen molar-refractivity contribution in [3.8, 4) is 0 Å². The second-order valence-corrected chi connectivity index (χ2v) is 15.4. The van der Waals surface area contributed by atoms with Crippen LogP contribution in [0, 0.1) is 0 Å². The number of carbonyl (C=O) groups excluding carboxylic acids is 1. The molecule has 47 heavy (non-hydrogen) atoms. The van der Waals surface area contributed by atoms with Crippen molar-refractivity contribution >= 4 is 16.0 Å². The third kappa shape index (κ3) is 35.9. The molecule has 0 spiro atoms. The van der Waals surface area contributed by atoms with Gasteiger partial charge in [0.15, 0.2) is 0 Å². The topological polar surface area (TPSA) is 104 Å². The molecule has 278 valence electrons. The van der Waals surface area contributed by atoms with Gasteiger partial charge in [-0.3, -0.25) is 9.35 Å². The summed E-state index contributed by atoms with van der Waals surface area (Å²) in [4.78, 5) is 12.5. The Bertz CT molecular complexity index is 842. The number of hydrogen-bond donors (Lipinski definition) is 3. The van der Waals surface area contributed by atoms with E-state index in [4.69, 9.17) is 0 Å². The average Bonchev–Trinajstić information content (AvgIpc) is 3.03. The number of hydrogen-bond acceptors (Lipinski definition) is 4. The van der Waals surface area contributed by atoms with Crippen molar-refractivity contribution < 1.29 is 22.9 Å². The second-order valence-electron chi connectivity index (χ2n) is 13.9. The minimum Gasteiger partial charge on any atom is -0.387 e. The summed E-state index contributed by atoms with van der Waals surface area (Å²) in [7, 11) is -4.35. The Morgan fingerprint density at radius 2 is 0.915 bits per heavy atom. The van der Waals surface area contributed by atoms with Crippen LogP contribution in [-0.2, 0) is 14.9 Å². The monoisotopic (exact) mass is 684 g/mol. The third-order valence-corrected chi connectivity index (χ3v) is 9.91. The van der Waals surface area contributed by atoms with Crippen LogP contribution in [0.25, 0.3) is 0 Å². The Hall–Kier alpha value is -1.18. The standard InChI is InChI=1S/C40H77NO5S/c1-3-5-7-9-11-13-15-17-19-20-21-22-23-25-27-29-31-33-35-39(42)38(37-47(44,45)46)41-40(43)36-34-32-30-28-26-24-18-16-14-12-10-8-6-4-2/h25,27,33,35,38-39,42H,3-24,26,28-32,34,36-37H2,1-2H3,(H,41,43)(H,44,45,46)/b27-25+,35-33+. The highest BCUT2D eigenvalue weighted by molar-refractivity contribution is 7.85. The quantitative estimate of drug-likeness (QED) is 0.0346. The molecule has 0 radical (unpaired) electrons. The summed E-state index contributed by atoms with van der Waals surface area (Å²) >= 11 is 0. The molecule has 0 saturated carbocycles. The Morgan fingerprint density at radius 1 is 0.553 bits per heavy atom. The molecule has 2 unspecified atom stereocenters. The first-order valence-electron chi connectivity index (χ1n) is 20.0. The van der Waals surface area contributed by atoms with Crippen molar-refractivity contribution in [2.75, 3.05) is 5.75 Å². The van der Waals surface area contributed by atoms with Crippen molar-refractivity contribution in [2.45, 2.75) is 219 Å². The molecule has 1 amide bonds. The fourth-order valence-corrected chi connectivity index (χ4v) is 6.85. The normalized spacial score (nSPS) is 13.5. The molecule has 0 aromatic rings. The average molecular weight is 684 g/mol. The van der Waals surface area contributed by atoms with Gasteiger partial charge in [0, 0.05) is 6.42 Å². The molecule has 6 nitrogen and oxygen atoms in total. The smallest absolute Gasteiger partial charge is 0.267 e. The highest BCUT2D eigenvalue weighted by atomic mass is 32.2. The van der Waals surface area contributed by atoms with Crippen LogP contribution in [0.1, 0.15) is 206 Å². The van der Waals surface area contributed by atoms with E-state index in [9.17, 15) is 22.9 Å². The molecule has 0 heterocycles. The molecule has 0 aliphatic rings. The molecule has 7 heteroatoms. The number of carbonyl (C=O) groups is 1. The Labute approximate surface area is 292 Å². The summed E-state index contributed by atoms with van der Waals surface area (Å²) in [5.41, 5.74) is 0. The summed E-state index contributed by atoms with van der Waals surface area (Å²) < 4.78 is 32.4. The summed E-state index contributed by atoms with van der Waals surface area (Å²) in [5, 5.41) is 13.2. The van der Waals surface area contributed by atoms with E-state index < -0.39 is 28.0 Å². The molecule has 0 fully saturated rings. The van der Waals surface area contributed by atoms with Crippen molar-refractivity contribution in [3.63, 3.8) is 0 Å². The zero-order chi connectivity index (χ0) is 34.7. The van der Waals surface area contributed by atoms with E-state index in [1.807, 2.05) is 6.08 Å². The van der Waals surface area contributed by atoms with Crippen LogP contribution in [0.15, 0.2) is 24.3 Å². The first kappa shape index (κ1) is 45.8. The summed E-state index contributed by atoms with van der Waals surface area (Å²) in [5.74, 6) is -0.993. The first-order valence-corrected chi connectivity index (χ1v) is 21.6. The van der Waals surface area contributed by atoms with Crippen LogP contribution < -0.4 is 5.32 Å². The number of nitrogens with one attached hydrogen (secondary N) is 1. The van der Waals surface area contributed by atoms with Gasteiger partial charge in [-0.05, 0) is 32.1 Å². The maximum Gasteiger partial charge on any atom is 0.267 e. The lowest BCUT2D eigenvalue weighted by Gasteiger charge is -2.21. The Kier molecular flexibility index (Phi) is 33.8. The van der Waals surface area contributed by atoms with E-state index in [1.54, 1.807) is 0 Å². The number of aliphatic hydroxyl groups excluding tert-OH is 1. The molecule has 0 bridgehead atoms. The zero-order valence-electron chi connectivity index (χ0n) is 30.9. The lowest BCUT2D eigenvalue weighted by atomic mass is 10.0. The summed E-state index contributed by atoms with van der Waals surface area (Å²) in [6.07, 6.45) is 43.1. The molecular weight excluding hydrogens is 607 g/mol. The molecule has 0 aliphatic heterocycles. The van der Waals surface area contributed by atoms with Crippen molar-refractivity contribution in [3.05, 3.63) is 24.3 Å². The van der Waals surface area contributed by atoms with Gasteiger partial charge in [0.25, 0.3) is 10.1 Å². The lowest BCUT2D eigenvalue weighted by molar-refractivity contribution is -0.122. The highest BCUT2D eigenvalue weighted by Gasteiger charge is 2.24. The van der Waals surface area contributed by atoms with Gasteiger partial charge in [0.1, 0.15) is 0 Å². The number of allylic oxidation sites excluding steroid dienone is 3. The van der Waals surface area contributed by atoms with Crippen LogP contribution >= 0.6 is 0 Å². The maximum absolute atomic E-state index is 12.5. The van der Waals surface area contributed by atoms with E-state index in [2.05, 4.69) is 31.3 Å². The van der Waals surface area contributed by atoms with E-state index in [1.165, 1.54) is 154 Å². The molecule has 0 aromatic carbocycles. The number of aliphatic hydroxyl groups is 1. The van der Waals surface area contributed by atoms with E-state index in [0.717, 1.165) is 38.5 Å². The van der Waals surface area contributed by atoms with Gasteiger partial charge in [-0.15, -0.1) is 0 Å². The second kappa shape index (κ2) is 34.7. The first-order chi connectivity index (χ1) is 22.8. The van der Waals surface area contributed by atoms with Gasteiger partial charge >= 0.3 is 0 Å². The lowest BCUT2D eigenvalue weighted by Crippen LogP contribution is -2.46. The van der Waals surface area contributed by atoms with E-state index in [-0.39, 0.29) is 5.91 Å². The summed E-state index contributed by atoms with van der Waals surface area (Å²) in [6.45, 7) is 4.52. The summed E-state index contributed by atoms with van der Waals surface area (Å²) in [6, 6.07) is -1.07. The minimum absolute atomic E-state index is 0.286. The van der Waals surface area contributed by atoms with Crippen LogP contribution in [0.5, 0.6) is 0 Å². The Balaban J connectivity index is 3.97. The van der Waals surface area contributed by atoms with Crippen molar-refractivity contribution in [1.29, 1.82) is 0 Å². The molecular formula is C40H77NO5S. The van der Waals surface area contributed by atoms with E-state index >= 15 is 0 Å². The zero-order valence-corrected chi connectivity index (χ0v) is 31.7. The maximum atomic E-state index is 12.5. The Morgan fingerprint density at radius 3 is 1.34 bits per heavy atom. The van der Waals surface area contributed by atoms with Gasteiger partial charge in [-0.1, -0.05) is 192 Å². The third-order valence-electron chi connectivity index (χ3n) is 9.13. The molecule has 0 aromatic heterocycles. The largest absolute Gasteiger partial charge is 0.387 e. The predicted octanol–water partition coefficient (Wildman–Crippen LogP) is 11.6. The van der Waals surface area contributed by atoms with Gasteiger partial charge in [0.2, 0.25) is 5.91 Å². The van der Waals surface area contributed by atoms with Crippen molar-refractivity contribution in [2.24, 2.45) is 0 Å². The molecule has 0 saturated heterocycles. The number of unbranched alkanes of at least 4 members (excludes halogenated alkanes) is 26. The highest BCUT2D eigenvalue weighted by Crippen LogP contribution is 2.15. The fourth-order valence-electron chi connectivity index (χ4n) is 6.11. The number of amides is 1. The van der Waals surface area contributed by atoms with Crippen LogP contribution in [0.2, 0.25) is 0 Å². The van der Waals surface area contributed by atoms with Gasteiger partial charge in [-0.25, -0.2) is 0 Å². The molecule has 0 rings (SSSR count). The van der Waals surface area contributed by atoms with E-state index in [0.29, 0.717) is 6.42 Å². The SMILES string of the molecule is CCCCCCCCCCCCCC/C=C/CC/C=C/C(O)C(CS(=O)(=O)O)NC(=O)CCCCCCCCCCCCCCCC. The van der Waals surface area contributed by atoms with Crippen LogP contribution in [-0.4, -0.2) is 41.9 Å². The fraction of sp³-hybridized carbons (Fsp3) is 0.875.